The highest BCUT2D eigenvalue weighted by atomic mass is 35.5. The minimum atomic E-state index is -4.59. The molecular formula is C21H18Cl3F3N2O2. The fourth-order valence-corrected chi connectivity index (χ4v) is 3.25. The molecule has 1 unspecified atom stereocenters. The first-order chi connectivity index (χ1) is 14.4. The molecule has 10 heteroatoms. The minimum absolute atomic E-state index is 0.0165. The van der Waals surface area contributed by atoms with E-state index in [9.17, 15) is 22.8 Å². The zero-order valence-corrected chi connectivity index (χ0v) is 18.7. The van der Waals surface area contributed by atoms with Gasteiger partial charge < -0.3 is 0 Å². The number of benzene rings is 2. The molecule has 0 aliphatic carbocycles. The molecule has 2 aromatic carbocycles. The summed E-state index contributed by atoms with van der Waals surface area (Å²) in [4.78, 5) is 23.7. The Kier molecular flexibility index (Phi) is 8.40. The summed E-state index contributed by atoms with van der Waals surface area (Å²) in [5.41, 5.74) is 2.95. The molecule has 166 valence electrons. The second kappa shape index (κ2) is 10.4. The summed E-state index contributed by atoms with van der Waals surface area (Å²) in [6.07, 6.45) is -2.11. The number of hydrogen-bond donors (Lipinski definition) is 1. The number of halogens is 6. The number of hydrogen-bond acceptors (Lipinski definition) is 2. The second-order valence-electron chi connectivity index (χ2n) is 6.55. The quantitative estimate of drug-likeness (QED) is 0.381. The topological polar surface area (TPSA) is 49.4 Å². The molecule has 0 saturated carbocycles. The van der Waals surface area contributed by atoms with E-state index in [-0.39, 0.29) is 38.5 Å². The molecule has 0 bridgehead atoms. The maximum absolute atomic E-state index is 13.6. The van der Waals surface area contributed by atoms with Gasteiger partial charge in [0.25, 0.3) is 5.91 Å². The number of alkyl halides is 3. The Labute approximate surface area is 192 Å². The number of rotatable bonds is 5. The van der Waals surface area contributed by atoms with Gasteiger partial charge in [-0.15, -0.1) is 0 Å². The van der Waals surface area contributed by atoms with Crippen molar-refractivity contribution in [3.05, 3.63) is 74.2 Å². The predicted octanol–water partition coefficient (Wildman–Crippen LogP) is 6.52. The van der Waals surface area contributed by atoms with Crippen LogP contribution in [0.25, 0.3) is 6.08 Å². The maximum atomic E-state index is 13.6. The van der Waals surface area contributed by atoms with Gasteiger partial charge in [-0.1, -0.05) is 66.0 Å². The van der Waals surface area contributed by atoms with Gasteiger partial charge in [-0.2, -0.15) is 13.2 Å². The molecule has 0 saturated heterocycles. The molecule has 4 nitrogen and oxygen atoms in total. The highest BCUT2D eigenvalue weighted by Gasteiger charge is 2.39. The summed E-state index contributed by atoms with van der Waals surface area (Å²) < 4.78 is 40.8. The van der Waals surface area contributed by atoms with Gasteiger partial charge in [0.15, 0.2) is 0 Å². The minimum Gasteiger partial charge on any atom is -0.273 e. The lowest BCUT2D eigenvalue weighted by Crippen LogP contribution is -2.43. The third-order valence-corrected chi connectivity index (χ3v) is 5.51. The van der Waals surface area contributed by atoms with Crippen LogP contribution in [0.2, 0.25) is 15.1 Å². The molecule has 0 aliphatic heterocycles. The molecule has 2 amide bonds. The fourth-order valence-electron chi connectivity index (χ4n) is 2.63. The molecule has 31 heavy (non-hydrogen) atoms. The van der Waals surface area contributed by atoms with Crippen molar-refractivity contribution in [2.75, 3.05) is 7.05 Å². The first kappa shape index (κ1) is 25.0. The molecule has 0 spiro atoms. The van der Waals surface area contributed by atoms with Crippen LogP contribution in [0, 0.1) is 0 Å². The number of nitrogens with one attached hydrogen (secondary N) is 1. The van der Waals surface area contributed by atoms with Crippen molar-refractivity contribution in [1.29, 1.82) is 0 Å². The first-order valence-corrected chi connectivity index (χ1v) is 10.1. The number of carbonyl (C=O) groups is 2. The Morgan fingerprint density at radius 2 is 1.65 bits per heavy atom. The molecule has 0 radical (unpaired) electrons. The Balaban J connectivity index is 2.22. The highest BCUT2D eigenvalue weighted by molar-refractivity contribution is 6.48. The van der Waals surface area contributed by atoms with Crippen LogP contribution in [0.4, 0.5) is 13.2 Å². The summed E-state index contributed by atoms with van der Waals surface area (Å²) in [5, 5.41) is 0.909. The van der Waals surface area contributed by atoms with Gasteiger partial charge in [0.05, 0.1) is 21.0 Å². The zero-order chi connectivity index (χ0) is 23.3. The second-order valence-corrected chi connectivity index (χ2v) is 7.74. The Morgan fingerprint density at radius 1 is 1.10 bits per heavy atom. The molecule has 0 fully saturated rings. The van der Waals surface area contributed by atoms with E-state index in [0.717, 1.165) is 23.2 Å². The number of carbonyl (C=O) groups excluding carboxylic acids is 2. The van der Waals surface area contributed by atoms with E-state index >= 15 is 0 Å². The van der Waals surface area contributed by atoms with E-state index in [4.69, 9.17) is 34.8 Å². The van der Waals surface area contributed by atoms with Crippen molar-refractivity contribution in [2.45, 2.75) is 25.4 Å². The van der Waals surface area contributed by atoms with Gasteiger partial charge in [-0.25, -0.2) is 0 Å². The van der Waals surface area contributed by atoms with Crippen LogP contribution in [0.3, 0.4) is 0 Å². The maximum Gasteiger partial charge on any atom is 0.399 e. The molecule has 1 N–H and O–H groups in total. The van der Waals surface area contributed by atoms with Crippen molar-refractivity contribution in [2.24, 2.45) is 0 Å². The van der Waals surface area contributed by atoms with E-state index in [2.05, 4.69) is 5.43 Å². The van der Waals surface area contributed by atoms with Crippen molar-refractivity contribution in [3.8, 4) is 0 Å². The Bertz CT molecular complexity index is 969. The van der Waals surface area contributed by atoms with E-state index < -0.39 is 18.0 Å². The molecule has 2 aromatic rings. The van der Waals surface area contributed by atoms with Crippen molar-refractivity contribution in [1.82, 2.24) is 10.4 Å². The third kappa shape index (κ3) is 6.63. The summed E-state index contributed by atoms with van der Waals surface area (Å²) in [6.45, 7) is 1.66. The van der Waals surface area contributed by atoms with Crippen LogP contribution in [-0.2, 0) is 4.79 Å². The number of hydrazine groups is 1. The van der Waals surface area contributed by atoms with Crippen LogP contribution >= 0.6 is 34.8 Å². The predicted molar refractivity (Wildman–Crippen MR) is 116 cm³/mol. The van der Waals surface area contributed by atoms with E-state index in [1.807, 2.05) is 0 Å². The number of nitrogens with zero attached hydrogens (tertiary/aromatic N) is 1. The van der Waals surface area contributed by atoms with Crippen molar-refractivity contribution in [3.63, 3.8) is 0 Å². The van der Waals surface area contributed by atoms with Gasteiger partial charge in [-0.3, -0.25) is 20.0 Å². The van der Waals surface area contributed by atoms with Crippen LogP contribution in [0.1, 0.15) is 40.7 Å². The van der Waals surface area contributed by atoms with Gasteiger partial charge in [0, 0.05) is 19.0 Å². The molecular weight excluding hydrogens is 476 g/mol. The summed E-state index contributed by atoms with van der Waals surface area (Å²) in [5.74, 6) is -2.75. The van der Waals surface area contributed by atoms with Crippen LogP contribution < -0.4 is 5.43 Å². The number of allylic oxidation sites excluding steroid dienone is 1. The summed E-state index contributed by atoms with van der Waals surface area (Å²) in [6, 6.07) is 8.11. The lowest BCUT2D eigenvalue weighted by Gasteiger charge is -2.18. The Morgan fingerprint density at radius 3 is 2.13 bits per heavy atom. The van der Waals surface area contributed by atoms with Gasteiger partial charge in [0.2, 0.25) is 5.91 Å². The number of amides is 2. The third-order valence-electron chi connectivity index (χ3n) is 4.32. The van der Waals surface area contributed by atoms with E-state index in [0.29, 0.717) is 5.56 Å². The SMILES string of the molecule is CCC(=O)N(C)NC(=O)c1ccc(C=CC(c2cc(Cl)c(Cl)c(Cl)c2)C(F)(F)F)cc1. The lowest BCUT2D eigenvalue weighted by atomic mass is 9.97. The monoisotopic (exact) mass is 492 g/mol. The lowest BCUT2D eigenvalue weighted by molar-refractivity contribution is -0.139. The average Bonchev–Trinajstić information content (AvgIpc) is 2.70. The highest BCUT2D eigenvalue weighted by Crippen LogP contribution is 2.41. The summed E-state index contributed by atoms with van der Waals surface area (Å²) in [7, 11) is 1.42. The molecule has 0 aliphatic rings. The Hall–Kier alpha value is -2.22. The van der Waals surface area contributed by atoms with Crippen LogP contribution in [0.15, 0.2) is 42.5 Å². The van der Waals surface area contributed by atoms with E-state index in [1.54, 1.807) is 6.92 Å². The van der Waals surface area contributed by atoms with Gasteiger partial charge in [0.1, 0.15) is 0 Å². The van der Waals surface area contributed by atoms with Crippen molar-refractivity contribution < 1.29 is 22.8 Å². The first-order valence-electron chi connectivity index (χ1n) is 9.01. The van der Waals surface area contributed by atoms with Crippen LogP contribution in [0.5, 0.6) is 0 Å². The standard InChI is InChI=1S/C21H18Cl3F3N2O2/c1-3-18(30)29(2)28-20(31)13-7-4-12(5-8-13)6-9-15(21(25,26)27)14-10-16(22)19(24)17(23)11-14/h4-11,15H,3H2,1-2H3,(H,28,31). The molecule has 0 heterocycles. The van der Waals surface area contributed by atoms with Crippen molar-refractivity contribution >= 4 is 52.7 Å². The summed E-state index contributed by atoms with van der Waals surface area (Å²) >= 11 is 17.6. The fraction of sp³-hybridized carbons (Fsp3) is 0.238. The molecule has 0 aromatic heterocycles. The van der Waals surface area contributed by atoms with Gasteiger partial charge in [-0.05, 0) is 35.4 Å². The zero-order valence-electron chi connectivity index (χ0n) is 16.4. The van der Waals surface area contributed by atoms with Crippen LogP contribution in [-0.4, -0.2) is 30.0 Å². The average molecular weight is 494 g/mol. The molecule has 2 rings (SSSR count). The normalized spacial score (nSPS) is 12.6. The molecule has 1 atom stereocenters. The van der Waals surface area contributed by atoms with E-state index in [1.165, 1.54) is 37.4 Å². The van der Waals surface area contributed by atoms with Gasteiger partial charge >= 0.3 is 6.18 Å². The smallest absolute Gasteiger partial charge is 0.273 e. The largest absolute Gasteiger partial charge is 0.399 e.